The SMILES string of the molecule is C[C@H](Cc1ccc(CCC2CCC(c3cc(F)c(C#N)c(F)c3)CC2)cc1)c1ccccc1. The zero-order chi connectivity index (χ0) is 23.2. The van der Waals surface area contributed by atoms with Crippen molar-refractivity contribution in [1.82, 2.24) is 0 Å². The maximum atomic E-state index is 14.0. The van der Waals surface area contributed by atoms with Crippen LogP contribution in [-0.2, 0) is 12.8 Å². The molecule has 0 bridgehead atoms. The van der Waals surface area contributed by atoms with E-state index in [1.54, 1.807) is 6.07 Å². The van der Waals surface area contributed by atoms with Gasteiger partial charge in [-0.05, 0) is 97.1 Å². The van der Waals surface area contributed by atoms with Crippen molar-refractivity contribution >= 4 is 0 Å². The van der Waals surface area contributed by atoms with Gasteiger partial charge in [0.15, 0.2) is 0 Å². The average molecular weight is 444 g/mol. The van der Waals surface area contributed by atoms with Crippen LogP contribution in [0.2, 0.25) is 0 Å². The molecule has 0 radical (unpaired) electrons. The molecule has 3 aromatic rings. The van der Waals surface area contributed by atoms with Crippen molar-refractivity contribution in [3.8, 4) is 6.07 Å². The van der Waals surface area contributed by atoms with Crippen LogP contribution in [0.15, 0.2) is 66.7 Å². The van der Waals surface area contributed by atoms with Gasteiger partial charge in [0.2, 0.25) is 0 Å². The highest BCUT2D eigenvalue weighted by Crippen LogP contribution is 2.38. The van der Waals surface area contributed by atoms with Gasteiger partial charge >= 0.3 is 0 Å². The number of hydrogen-bond acceptors (Lipinski definition) is 1. The molecule has 0 saturated heterocycles. The summed E-state index contributed by atoms with van der Waals surface area (Å²) in [6.07, 6.45) is 7.34. The second-order valence-corrected chi connectivity index (χ2v) is 9.56. The molecule has 0 spiro atoms. The number of hydrogen-bond donors (Lipinski definition) is 0. The summed E-state index contributed by atoms with van der Waals surface area (Å²) in [6.45, 7) is 2.28. The zero-order valence-electron chi connectivity index (χ0n) is 19.2. The summed E-state index contributed by atoms with van der Waals surface area (Å²) in [5.74, 6) is -0.131. The van der Waals surface area contributed by atoms with Crippen molar-refractivity contribution in [1.29, 1.82) is 5.26 Å². The molecule has 0 heterocycles. The van der Waals surface area contributed by atoms with Gasteiger partial charge in [0.05, 0.1) is 0 Å². The van der Waals surface area contributed by atoms with Gasteiger partial charge in [-0.2, -0.15) is 5.26 Å². The standard InChI is InChI=1S/C30H31F2N/c1-21(25-5-3-2-4-6-25)17-24-11-9-22(10-12-24)7-8-23-13-15-26(16-14-23)27-18-29(31)28(20-33)30(32)19-27/h2-6,9-12,18-19,21,23,26H,7-8,13-17H2,1H3/t21-,23?,26?/m1/s1. The highest BCUT2D eigenvalue weighted by atomic mass is 19.1. The van der Waals surface area contributed by atoms with E-state index in [2.05, 4.69) is 61.5 Å². The van der Waals surface area contributed by atoms with E-state index in [9.17, 15) is 8.78 Å². The summed E-state index contributed by atoms with van der Waals surface area (Å²) in [4.78, 5) is 0. The van der Waals surface area contributed by atoms with Crippen LogP contribution >= 0.6 is 0 Å². The van der Waals surface area contributed by atoms with Crippen LogP contribution in [0, 0.1) is 28.9 Å². The van der Waals surface area contributed by atoms with E-state index < -0.39 is 17.2 Å². The molecule has 0 aromatic heterocycles. The number of benzene rings is 3. The lowest BCUT2D eigenvalue weighted by molar-refractivity contribution is 0.309. The van der Waals surface area contributed by atoms with Crippen LogP contribution < -0.4 is 0 Å². The van der Waals surface area contributed by atoms with E-state index >= 15 is 0 Å². The predicted molar refractivity (Wildman–Crippen MR) is 129 cm³/mol. The number of halogens is 2. The summed E-state index contributed by atoms with van der Waals surface area (Å²) < 4.78 is 27.9. The lowest BCUT2D eigenvalue weighted by atomic mass is 9.76. The Bertz CT molecular complexity index is 1070. The van der Waals surface area contributed by atoms with Gasteiger partial charge in [0, 0.05) is 0 Å². The van der Waals surface area contributed by atoms with E-state index in [0.29, 0.717) is 17.4 Å². The fourth-order valence-electron chi connectivity index (χ4n) is 5.19. The topological polar surface area (TPSA) is 23.8 Å². The molecule has 33 heavy (non-hydrogen) atoms. The van der Waals surface area contributed by atoms with E-state index in [1.165, 1.54) is 28.8 Å². The van der Waals surface area contributed by atoms with E-state index in [-0.39, 0.29) is 5.92 Å². The molecule has 4 rings (SSSR count). The Morgan fingerprint density at radius 2 is 1.48 bits per heavy atom. The van der Waals surface area contributed by atoms with Crippen LogP contribution in [0.5, 0.6) is 0 Å². The highest BCUT2D eigenvalue weighted by Gasteiger charge is 2.24. The van der Waals surface area contributed by atoms with Gasteiger partial charge in [-0.1, -0.05) is 61.5 Å². The number of aryl methyl sites for hydroxylation is 1. The first kappa shape index (κ1) is 23.2. The van der Waals surface area contributed by atoms with Gasteiger partial charge in [-0.25, -0.2) is 8.78 Å². The van der Waals surface area contributed by atoms with E-state index in [0.717, 1.165) is 44.9 Å². The van der Waals surface area contributed by atoms with Gasteiger partial charge in [-0.3, -0.25) is 0 Å². The van der Waals surface area contributed by atoms with E-state index in [1.807, 2.05) is 0 Å². The molecule has 1 atom stereocenters. The fraction of sp³-hybridized carbons (Fsp3) is 0.367. The molecule has 0 amide bonds. The van der Waals surface area contributed by atoms with E-state index in [4.69, 9.17) is 5.26 Å². The Morgan fingerprint density at radius 1 is 0.879 bits per heavy atom. The molecule has 170 valence electrons. The first-order valence-corrected chi connectivity index (χ1v) is 12.0. The zero-order valence-corrected chi connectivity index (χ0v) is 19.2. The van der Waals surface area contributed by atoms with Crippen molar-refractivity contribution in [2.45, 2.75) is 63.7 Å². The number of nitrogens with zero attached hydrogens (tertiary/aromatic N) is 1. The molecule has 0 N–H and O–H groups in total. The van der Waals surface area contributed by atoms with Crippen molar-refractivity contribution in [3.63, 3.8) is 0 Å². The third-order valence-corrected chi connectivity index (χ3v) is 7.27. The minimum Gasteiger partial charge on any atom is -0.205 e. The minimum absolute atomic E-state index is 0.184. The summed E-state index contributed by atoms with van der Waals surface area (Å²) in [6, 6.07) is 24.0. The molecule has 1 nitrogen and oxygen atoms in total. The van der Waals surface area contributed by atoms with Crippen molar-refractivity contribution in [2.75, 3.05) is 0 Å². The highest BCUT2D eigenvalue weighted by molar-refractivity contribution is 5.36. The maximum Gasteiger partial charge on any atom is 0.144 e. The Kier molecular flexibility index (Phi) is 7.55. The first-order valence-electron chi connectivity index (χ1n) is 12.0. The Hall–Kier alpha value is -2.99. The van der Waals surface area contributed by atoms with Crippen molar-refractivity contribution in [3.05, 3.63) is 106 Å². The molecule has 3 aromatic carbocycles. The lowest BCUT2D eigenvalue weighted by Crippen LogP contribution is -2.14. The molecule has 0 unspecified atom stereocenters. The van der Waals surface area contributed by atoms with Gasteiger partial charge in [0.25, 0.3) is 0 Å². The largest absolute Gasteiger partial charge is 0.205 e. The third kappa shape index (κ3) is 5.88. The van der Waals surface area contributed by atoms with Crippen LogP contribution in [-0.4, -0.2) is 0 Å². The Labute approximate surface area is 196 Å². The molecule has 0 aliphatic heterocycles. The monoisotopic (exact) mass is 443 g/mol. The molecular formula is C30H31F2N. The van der Waals surface area contributed by atoms with Crippen LogP contribution in [0.3, 0.4) is 0 Å². The Morgan fingerprint density at radius 3 is 2.09 bits per heavy atom. The lowest BCUT2D eigenvalue weighted by Gasteiger charge is -2.29. The second kappa shape index (κ2) is 10.8. The van der Waals surface area contributed by atoms with Gasteiger partial charge < -0.3 is 0 Å². The summed E-state index contributed by atoms with van der Waals surface area (Å²) in [7, 11) is 0. The van der Waals surface area contributed by atoms with Crippen molar-refractivity contribution in [2.24, 2.45) is 5.92 Å². The molecule has 1 saturated carbocycles. The minimum atomic E-state index is -0.740. The van der Waals surface area contributed by atoms with Crippen LogP contribution in [0.1, 0.15) is 78.7 Å². The molecule has 1 fully saturated rings. The molecule has 1 aliphatic carbocycles. The maximum absolute atomic E-state index is 14.0. The fourth-order valence-corrected chi connectivity index (χ4v) is 5.19. The van der Waals surface area contributed by atoms with Gasteiger partial charge in [-0.15, -0.1) is 0 Å². The smallest absolute Gasteiger partial charge is 0.144 e. The molecular weight excluding hydrogens is 412 g/mol. The first-order chi connectivity index (χ1) is 16.0. The van der Waals surface area contributed by atoms with Crippen LogP contribution in [0.25, 0.3) is 0 Å². The normalized spacial score (nSPS) is 19.1. The predicted octanol–water partition coefficient (Wildman–Crippen LogP) is 8.09. The van der Waals surface area contributed by atoms with Crippen molar-refractivity contribution < 1.29 is 8.78 Å². The molecule has 1 aliphatic rings. The second-order valence-electron chi connectivity index (χ2n) is 9.56. The Balaban J connectivity index is 1.25. The summed E-state index contributed by atoms with van der Waals surface area (Å²) >= 11 is 0. The summed E-state index contributed by atoms with van der Waals surface area (Å²) in [5.41, 5.74) is 4.35. The molecule has 3 heteroatoms. The van der Waals surface area contributed by atoms with Gasteiger partial charge in [0.1, 0.15) is 23.3 Å². The average Bonchev–Trinajstić information content (AvgIpc) is 2.84. The van der Waals surface area contributed by atoms with Crippen LogP contribution in [0.4, 0.5) is 8.78 Å². The number of nitriles is 1. The summed E-state index contributed by atoms with van der Waals surface area (Å²) in [5, 5.41) is 8.86. The quantitative estimate of drug-likeness (QED) is 0.362. The number of rotatable bonds is 7. The third-order valence-electron chi connectivity index (χ3n) is 7.27.